The number of sulfonamides is 1. The van der Waals surface area contributed by atoms with Crippen molar-refractivity contribution >= 4 is 10.0 Å². The molecule has 158 valence electrons. The Balaban J connectivity index is 1.88. The number of methoxy groups -OCH3 is 2. The third-order valence-electron chi connectivity index (χ3n) is 4.66. The number of alkyl halides is 3. The zero-order chi connectivity index (χ0) is 21.2. The number of nitrogens with zero attached hydrogens (tertiary/aromatic N) is 1. The molecule has 1 saturated heterocycles. The molecule has 1 aliphatic heterocycles. The number of hydrogen-bond acceptors (Lipinski definition) is 5. The summed E-state index contributed by atoms with van der Waals surface area (Å²) in [6, 6.07) is 9.01. The van der Waals surface area contributed by atoms with Gasteiger partial charge in [0.05, 0.1) is 25.2 Å². The van der Waals surface area contributed by atoms with Crippen LogP contribution in [-0.2, 0) is 10.0 Å². The SMILES string of the molecule is COc1ccc([C@@H]2CCCN2S(=O)(=O)c2ccc(OC(F)(F)F)cc2)cc1OC. The molecule has 0 unspecified atom stereocenters. The van der Waals surface area contributed by atoms with Gasteiger partial charge in [-0.1, -0.05) is 6.07 Å². The van der Waals surface area contributed by atoms with Crippen molar-refractivity contribution in [2.45, 2.75) is 30.1 Å². The molecule has 0 bridgehead atoms. The molecule has 0 aromatic heterocycles. The highest BCUT2D eigenvalue weighted by molar-refractivity contribution is 7.89. The standard InChI is InChI=1S/C19H20F3NO5S/c1-26-17-10-5-13(12-18(17)27-2)16-4-3-11-23(16)29(24,25)15-8-6-14(7-9-15)28-19(20,21)22/h5-10,12,16H,3-4,11H2,1-2H3/t16-/m0/s1. The predicted octanol–water partition coefficient (Wildman–Crippen LogP) is 4.13. The van der Waals surface area contributed by atoms with Crippen molar-refractivity contribution in [1.29, 1.82) is 0 Å². The molecule has 0 amide bonds. The Kier molecular flexibility index (Phi) is 5.95. The summed E-state index contributed by atoms with van der Waals surface area (Å²) in [4.78, 5) is -0.0978. The van der Waals surface area contributed by atoms with E-state index in [4.69, 9.17) is 9.47 Å². The summed E-state index contributed by atoms with van der Waals surface area (Å²) in [6.45, 7) is 0.308. The molecule has 0 N–H and O–H groups in total. The van der Waals surface area contributed by atoms with Crippen molar-refractivity contribution in [2.24, 2.45) is 0 Å². The van der Waals surface area contributed by atoms with E-state index in [0.717, 1.165) is 29.8 Å². The minimum atomic E-state index is -4.84. The highest BCUT2D eigenvalue weighted by atomic mass is 32.2. The zero-order valence-electron chi connectivity index (χ0n) is 15.8. The smallest absolute Gasteiger partial charge is 0.493 e. The lowest BCUT2D eigenvalue weighted by Gasteiger charge is -2.25. The fraction of sp³-hybridized carbons (Fsp3) is 0.368. The van der Waals surface area contributed by atoms with Gasteiger partial charge in [-0.15, -0.1) is 13.2 Å². The van der Waals surface area contributed by atoms with Gasteiger partial charge in [-0.3, -0.25) is 0 Å². The average Bonchev–Trinajstić information content (AvgIpc) is 3.17. The van der Waals surface area contributed by atoms with Gasteiger partial charge >= 0.3 is 6.36 Å². The molecule has 3 rings (SSSR count). The van der Waals surface area contributed by atoms with Crippen LogP contribution in [0.25, 0.3) is 0 Å². The molecule has 1 fully saturated rings. The van der Waals surface area contributed by atoms with E-state index in [-0.39, 0.29) is 4.90 Å². The van der Waals surface area contributed by atoms with Crippen LogP contribution in [0, 0.1) is 0 Å². The summed E-state index contributed by atoms with van der Waals surface area (Å²) in [6.07, 6.45) is -3.56. The van der Waals surface area contributed by atoms with E-state index in [0.29, 0.717) is 30.9 Å². The van der Waals surface area contributed by atoms with Crippen LogP contribution in [0.1, 0.15) is 24.4 Å². The van der Waals surface area contributed by atoms with E-state index >= 15 is 0 Å². The molecule has 2 aromatic rings. The second-order valence-corrected chi connectivity index (χ2v) is 8.30. The quantitative estimate of drug-likeness (QED) is 0.688. The molecule has 10 heteroatoms. The van der Waals surface area contributed by atoms with Gasteiger partial charge in [0.15, 0.2) is 11.5 Å². The normalized spacial score (nSPS) is 17.9. The predicted molar refractivity (Wildman–Crippen MR) is 98.5 cm³/mol. The first-order valence-corrected chi connectivity index (χ1v) is 10.2. The molecule has 0 aliphatic carbocycles. The maximum atomic E-state index is 13.1. The average molecular weight is 431 g/mol. The topological polar surface area (TPSA) is 65.1 Å². The zero-order valence-corrected chi connectivity index (χ0v) is 16.6. The van der Waals surface area contributed by atoms with Crippen LogP contribution in [0.15, 0.2) is 47.4 Å². The summed E-state index contributed by atoms with van der Waals surface area (Å²) < 4.78 is 78.8. The number of halogens is 3. The first-order valence-electron chi connectivity index (χ1n) is 8.75. The van der Waals surface area contributed by atoms with Gasteiger partial charge in [0.2, 0.25) is 10.0 Å². The molecule has 1 heterocycles. The minimum absolute atomic E-state index is 0.0978. The van der Waals surface area contributed by atoms with Crippen LogP contribution in [0.2, 0.25) is 0 Å². The first-order chi connectivity index (χ1) is 13.7. The number of benzene rings is 2. The van der Waals surface area contributed by atoms with Gasteiger partial charge < -0.3 is 14.2 Å². The van der Waals surface area contributed by atoms with Gasteiger partial charge in [0, 0.05) is 6.54 Å². The van der Waals surface area contributed by atoms with Gasteiger partial charge in [0.25, 0.3) is 0 Å². The monoisotopic (exact) mass is 431 g/mol. The lowest BCUT2D eigenvalue weighted by atomic mass is 10.0. The van der Waals surface area contributed by atoms with Crippen molar-refractivity contribution < 1.29 is 35.8 Å². The summed E-state index contributed by atoms with van der Waals surface area (Å²) in [5, 5.41) is 0. The Morgan fingerprint density at radius 2 is 1.66 bits per heavy atom. The van der Waals surface area contributed by atoms with Crippen LogP contribution in [0.5, 0.6) is 17.2 Å². The maximum Gasteiger partial charge on any atom is 0.573 e. The second-order valence-electron chi connectivity index (χ2n) is 6.41. The van der Waals surface area contributed by atoms with Gasteiger partial charge in [-0.2, -0.15) is 4.31 Å². The van der Waals surface area contributed by atoms with Crippen molar-refractivity contribution in [2.75, 3.05) is 20.8 Å². The number of hydrogen-bond donors (Lipinski definition) is 0. The summed E-state index contributed by atoms with van der Waals surface area (Å²) in [7, 11) is -0.902. The van der Waals surface area contributed by atoms with E-state index in [2.05, 4.69) is 4.74 Å². The van der Waals surface area contributed by atoms with E-state index < -0.39 is 28.2 Å². The molecule has 2 aromatic carbocycles. The highest BCUT2D eigenvalue weighted by Gasteiger charge is 2.37. The maximum absolute atomic E-state index is 13.1. The largest absolute Gasteiger partial charge is 0.573 e. The summed E-state index contributed by atoms with van der Waals surface area (Å²) in [5.74, 6) is 0.543. The highest BCUT2D eigenvalue weighted by Crippen LogP contribution is 2.40. The molecule has 0 saturated carbocycles. The van der Waals surface area contributed by atoms with Crippen molar-refractivity contribution in [1.82, 2.24) is 4.31 Å². The second kappa shape index (κ2) is 8.11. The lowest BCUT2D eigenvalue weighted by Crippen LogP contribution is -2.30. The lowest BCUT2D eigenvalue weighted by molar-refractivity contribution is -0.274. The van der Waals surface area contributed by atoms with Crippen LogP contribution in [-0.4, -0.2) is 39.8 Å². The number of ether oxygens (including phenoxy) is 3. The summed E-state index contributed by atoms with van der Waals surface area (Å²) in [5.41, 5.74) is 0.751. The molecular formula is C19H20F3NO5S. The molecule has 0 spiro atoms. The Hall–Kier alpha value is -2.46. The van der Waals surface area contributed by atoms with Crippen LogP contribution in [0.4, 0.5) is 13.2 Å². The minimum Gasteiger partial charge on any atom is -0.493 e. The van der Waals surface area contributed by atoms with Crippen molar-refractivity contribution in [3.8, 4) is 17.2 Å². The molecule has 1 aliphatic rings. The first kappa shape index (κ1) is 21.3. The van der Waals surface area contributed by atoms with Crippen molar-refractivity contribution in [3.05, 3.63) is 48.0 Å². The van der Waals surface area contributed by atoms with E-state index in [1.165, 1.54) is 18.5 Å². The fourth-order valence-corrected chi connectivity index (χ4v) is 5.05. The number of rotatable bonds is 6. The Labute approximate surface area is 166 Å². The van der Waals surface area contributed by atoms with Crippen LogP contribution in [0.3, 0.4) is 0 Å². The third-order valence-corrected chi connectivity index (χ3v) is 6.58. The van der Waals surface area contributed by atoms with E-state index in [1.54, 1.807) is 18.2 Å². The fourth-order valence-electron chi connectivity index (χ4n) is 3.37. The van der Waals surface area contributed by atoms with E-state index in [9.17, 15) is 21.6 Å². The van der Waals surface area contributed by atoms with Crippen molar-refractivity contribution in [3.63, 3.8) is 0 Å². The van der Waals surface area contributed by atoms with Gasteiger partial charge in [-0.05, 0) is 54.8 Å². The Bertz CT molecular complexity index is 961. The van der Waals surface area contributed by atoms with Crippen LogP contribution < -0.4 is 14.2 Å². The molecule has 1 atom stereocenters. The third kappa shape index (κ3) is 4.59. The van der Waals surface area contributed by atoms with Gasteiger partial charge in [-0.25, -0.2) is 8.42 Å². The molecule has 29 heavy (non-hydrogen) atoms. The molecule has 0 radical (unpaired) electrons. The van der Waals surface area contributed by atoms with Gasteiger partial charge in [0.1, 0.15) is 5.75 Å². The molecular weight excluding hydrogens is 411 g/mol. The van der Waals surface area contributed by atoms with E-state index in [1.807, 2.05) is 0 Å². The Morgan fingerprint density at radius 1 is 1.00 bits per heavy atom. The van der Waals surface area contributed by atoms with Crippen LogP contribution >= 0.6 is 0 Å². The molecule has 6 nitrogen and oxygen atoms in total. The summed E-state index contributed by atoms with van der Waals surface area (Å²) >= 11 is 0. The Morgan fingerprint density at radius 3 is 2.24 bits per heavy atom.